The number of aromatic amines is 1. The number of likely N-dealkylation sites (N-methyl/N-ethyl adjacent to an activating group) is 1. The van der Waals surface area contributed by atoms with Crippen LogP contribution in [0.1, 0.15) is 55.7 Å². The predicted molar refractivity (Wildman–Crippen MR) is 114 cm³/mol. The van der Waals surface area contributed by atoms with E-state index in [0.29, 0.717) is 25.0 Å². The normalized spacial score (nSPS) is 20.2. The summed E-state index contributed by atoms with van der Waals surface area (Å²) in [7, 11) is 1.94. The van der Waals surface area contributed by atoms with Gasteiger partial charge < -0.3 is 9.80 Å². The third kappa shape index (κ3) is 4.69. The van der Waals surface area contributed by atoms with Gasteiger partial charge in [0.1, 0.15) is 0 Å². The molecule has 1 aliphatic heterocycles. The second-order valence-electron chi connectivity index (χ2n) is 8.39. The lowest BCUT2D eigenvalue weighted by molar-refractivity contribution is -0.130. The summed E-state index contributed by atoms with van der Waals surface area (Å²) in [5.41, 5.74) is 1.84. The van der Waals surface area contributed by atoms with Crippen LogP contribution in [0.2, 0.25) is 0 Å². The highest BCUT2D eigenvalue weighted by Gasteiger charge is 2.36. The molecule has 1 aromatic carbocycles. The van der Waals surface area contributed by atoms with Gasteiger partial charge in [-0.2, -0.15) is 0 Å². The molecule has 6 heteroatoms. The van der Waals surface area contributed by atoms with Crippen LogP contribution in [0.15, 0.2) is 41.2 Å². The van der Waals surface area contributed by atoms with Gasteiger partial charge in [-0.3, -0.25) is 14.6 Å². The molecule has 1 unspecified atom stereocenters. The van der Waals surface area contributed by atoms with Crippen LogP contribution in [0, 0.1) is 0 Å². The van der Waals surface area contributed by atoms with Gasteiger partial charge in [-0.15, -0.1) is 0 Å². The Bertz CT molecular complexity index is 889. The Hall–Kier alpha value is -2.63. The van der Waals surface area contributed by atoms with E-state index < -0.39 is 0 Å². The van der Waals surface area contributed by atoms with Gasteiger partial charge in [-0.25, -0.2) is 4.98 Å². The molecule has 0 bridgehead atoms. The summed E-state index contributed by atoms with van der Waals surface area (Å²) in [5, 5.41) is 0. The molecule has 0 spiro atoms. The number of aromatic nitrogens is 2. The number of hydrogen-bond donors (Lipinski definition) is 1. The molecular weight excluding hydrogens is 364 g/mol. The van der Waals surface area contributed by atoms with Crippen molar-refractivity contribution in [1.29, 1.82) is 0 Å². The number of amides is 1. The summed E-state index contributed by atoms with van der Waals surface area (Å²) in [5.74, 6) is 0.794. The van der Waals surface area contributed by atoms with Gasteiger partial charge in [0.25, 0.3) is 5.56 Å². The smallest absolute Gasteiger partial charge is 0.252 e. The molecule has 4 rings (SSSR count). The topological polar surface area (TPSA) is 69.3 Å². The quantitative estimate of drug-likeness (QED) is 0.817. The van der Waals surface area contributed by atoms with E-state index >= 15 is 0 Å². The van der Waals surface area contributed by atoms with Gasteiger partial charge in [0.05, 0.1) is 5.69 Å². The van der Waals surface area contributed by atoms with Gasteiger partial charge >= 0.3 is 0 Å². The number of carbonyl (C=O) groups is 1. The van der Waals surface area contributed by atoms with Crippen molar-refractivity contribution in [2.45, 2.75) is 56.9 Å². The molecule has 2 fully saturated rings. The van der Waals surface area contributed by atoms with Gasteiger partial charge in [0.2, 0.25) is 11.9 Å². The molecule has 0 radical (unpaired) electrons. The lowest BCUT2D eigenvalue weighted by atomic mass is 9.94. The monoisotopic (exact) mass is 394 g/mol. The zero-order valence-electron chi connectivity index (χ0n) is 17.1. The fraction of sp³-hybridized carbons (Fsp3) is 0.522. The second kappa shape index (κ2) is 8.80. The van der Waals surface area contributed by atoms with E-state index in [1.165, 1.54) is 24.8 Å². The minimum atomic E-state index is -0.153. The van der Waals surface area contributed by atoms with Crippen LogP contribution in [-0.4, -0.2) is 47.0 Å². The van der Waals surface area contributed by atoms with Crippen molar-refractivity contribution in [2.75, 3.05) is 25.0 Å². The van der Waals surface area contributed by atoms with Gasteiger partial charge in [-0.05, 0) is 24.8 Å². The fourth-order valence-corrected chi connectivity index (χ4v) is 4.58. The van der Waals surface area contributed by atoms with E-state index in [4.69, 9.17) is 4.98 Å². The van der Waals surface area contributed by atoms with E-state index in [9.17, 15) is 9.59 Å². The fourth-order valence-electron chi connectivity index (χ4n) is 4.58. The molecule has 1 aliphatic carbocycles. The van der Waals surface area contributed by atoms with Crippen molar-refractivity contribution in [3.8, 4) is 0 Å². The van der Waals surface area contributed by atoms with Gasteiger partial charge in [0.15, 0.2) is 0 Å². The summed E-state index contributed by atoms with van der Waals surface area (Å²) in [6.45, 7) is 1.45. The summed E-state index contributed by atoms with van der Waals surface area (Å²) < 4.78 is 0. The van der Waals surface area contributed by atoms with Crippen LogP contribution in [0.5, 0.6) is 0 Å². The highest BCUT2D eigenvalue weighted by atomic mass is 16.2. The van der Waals surface area contributed by atoms with Crippen LogP contribution < -0.4 is 10.5 Å². The Kier molecular flexibility index (Phi) is 5.97. The van der Waals surface area contributed by atoms with Crippen molar-refractivity contribution in [1.82, 2.24) is 14.9 Å². The zero-order chi connectivity index (χ0) is 20.2. The minimum Gasteiger partial charge on any atom is -0.345 e. The Labute approximate surface area is 172 Å². The molecule has 154 valence electrons. The highest BCUT2D eigenvalue weighted by molar-refractivity contribution is 5.80. The van der Waals surface area contributed by atoms with E-state index in [0.717, 1.165) is 31.5 Å². The van der Waals surface area contributed by atoms with Crippen molar-refractivity contribution < 1.29 is 4.79 Å². The third-order valence-corrected chi connectivity index (χ3v) is 6.28. The largest absolute Gasteiger partial charge is 0.345 e. The predicted octanol–water partition coefficient (Wildman–Crippen LogP) is 3.10. The van der Waals surface area contributed by atoms with E-state index in [2.05, 4.69) is 17.1 Å². The molecule has 1 aromatic heterocycles. The van der Waals surface area contributed by atoms with E-state index in [-0.39, 0.29) is 17.4 Å². The Morgan fingerprint density at radius 2 is 1.90 bits per heavy atom. The lowest BCUT2D eigenvalue weighted by Gasteiger charge is -2.31. The van der Waals surface area contributed by atoms with Gasteiger partial charge in [0, 0.05) is 44.6 Å². The molecule has 1 N–H and O–H groups in total. The maximum atomic E-state index is 12.6. The number of nitrogens with one attached hydrogen (secondary N) is 1. The van der Waals surface area contributed by atoms with Gasteiger partial charge in [-0.1, -0.05) is 49.6 Å². The number of nitrogens with zero attached hydrogens (tertiary/aromatic N) is 3. The average molecular weight is 395 g/mol. The summed E-state index contributed by atoms with van der Waals surface area (Å²) in [6, 6.07) is 12.2. The van der Waals surface area contributed by atoms with Crippen LogP contribution >= 0.6 is 0 Å². The van der Waals surface area contributed by atoms with Crippen molar-refractivity contribution in [2.24, 2.45) is 0 Å². The number of rotatable bonds is 6. The van der Waals surface area contributed by atoms with Crippen LogP contribution in [-0.2, 0) is 11.2 Å². The number of hydrogen-bond acceptors (Lipinski definition) is 4. The van der Waals surface area contributed by atoms with E-state index in [1.807, 2.05) is 35.0 Å². The molecule has 2 aliphatic rings. The first-order chi connectivity index (χ1) is 14.1. The summed E-state index contributed by atoms with van der Waals surface area (Å²) in [4.78, 5) is 36.5. The Morgan fingerprint density at radius 3 is 2.66 bits per heavy atom. The number of anilines is 1. The summed E-state index contributed by atoms with van der Waals surface area (Å²) >= 11 is 0. The molecule has 1 saturated carbocycles. The van der Waals surface area contributed by atoms with Crippen LogP contribution in [0.4, 0.5) is 5.95 Å². The Morgan fingerprint density at radius 1 is 1.14 bits per heavy atom. The molecular formula is C23H30N4O2. The van der Waals surface area contributed by atoms with Crippen molar-refractivity contribution in [3.05, 3.63) is 58.0 Å². The third-order valence-electron chi connectivity index (χ3n) is 6.28. The maximum absolute atomic E-state index is 12.6. The molecule has 2 aromatic rings. The van der Waals surface area contributed by atoms with Crippen molar-refractivity contribution in [3.63, 3.8) is 0 Å². The average Bonchev–Trinajstić information content (AvgIpc) is 3.14. The zero-order valence-corrected chi connectivity index (χ0v) is 17.1. The Balaban J connectivity index is 1.45. The van der Waals surface area contributed by atoms with Crippen LogP contribution in [0.25, 0.3) is 0 Å². The summed E-state index contributed by atoms with van der Waals surface area (Å²) in [6.07, 6.45) is 7.24. The lowest BCUT2D eigenvalue weighted by Crippen LogP contribution is -2.37. The van der Waals surface area contributed by atoms with Crippen molar-refractivity contribution >= 4 is 11.9 Å². The first-order valence-corrected chi connectivity index (χ1v) is 10.8. The SMILES string of the molecule is CN(CCc1ccccc1)c1nc(C2CC(=O)N(C3CCCCC3)C2)cc(=O)[nH]1. The van der Waals surface area contributed by atoms with E-state index in [1.54, 1.807) is 6.07 Å². The number of benzene rings is 1. The molecule has 6 nitrogen and oxygen atoms in total. The molecule has 1 saturated heterocycles. The molecule has 2 heterocycles. The maximum Gasteiger partial charge on any atom is 0.252 e. The van der Waals surface area contributed by atoms with Crippen LogP contribution in [0.3, 0.4) is 0 Å². The highest BCUT2D eigenvalue weighted by Crippen LogP contribution is 2.32. The minimum absolute atomic E-state index is 0.00741. The molecule has 29 heavy (non-hydrogen) atoms. The molecule has 1 atom stereocenters. The number of H-pyrrole nitrogens is 1. The number of carbonyl (C=O) groups excluding carboxylic acids is 1. The standard InChI is InChI=1S/C23H30N4O2/c1-26(13-12-17-8-4-2-5-9-17)23-24-20(15-21(28)25-23)18-14-22(29)27(16-18)19-10-6-3-7-11-19/h2,4-5,8-9,15,18-19H,3,6-7,10-14,16H2,1H3,(H,24,25,28). The first-order valence-electron chi connectivity index (χ1n) is 10.8. The first kappa shape index (κ1) is 19.7. The molecule has 1 amide bonds. The second-order valence-corrected chi connectivity index (χ2v) is 8.39. The number of likely N-dealkylation sites (tertiary alicyclic amines) is 1.